The third-order valence-corrected chi connectivity index (χ3v) is 3.56. The maximum absolute atomic E-state index is 13.4. The largest absolute Gasteiger partial charge is 0.399 e. The molecule has 0 aliphatic carbocycles. The van der Waals surface area contributed by atoms with Crippen molar-refractivity contribution >= 4 is 27.5 Å². The van der Waals surface area contributed by atoms with E-state index in [1.165, 1.54) is 17.0 Å². The number of nitrogens with two attached hydrogens (primary N) is 1. The average Bonchev–Trinajstić information content (AvgIpc) is 2.43. The highest BCUT2D eigenvalue weighted by atomic mass is 79.9. The Morgan fingerprint density at radius 1 is 1.25 bits per heavy atom. The summed E-state index contributed by atoms with van der Waals surface area (Å²) in [4.78, 5) is 13.7. The highest BCUT2D eigenvalue weighted by Gasteiger charge is 2.13. The molecule has 2 rings (SSSR count). The summed E-state index contributed by atoms with van der Waals surface area (Å²) in [6, 6.07) is 11.6. The zero-order valence-electron chi connectivity index (χ0n) is 10.9. The van der Waals surface area contributed by atoms with Gasteiger partial charge in [-0.3, -0.25) is 4.79 Å². The lowest BCUT2D eigenvalue weighted by Crippen LogP contribution is -2.26. The molecule has 1 amide bonds. The number of hydrogen-bond acceptors (Lipinski definition) is 2. The minimum Gasteiger partial charge on any atom is -0.399 e. The highest BCUT2D eigenvalue weighted by Crippen LogP contribution is 2.18. The SMILES string of the molecule is CN(Cc1ccc(N)cc1)C(=O)c1ccc(Br)c(F)c1. The van der Waals surface area contributed by atoms with Crippen LogP contribution in [0.15, 0.2) is 46.9 Å². The number of hydrogen-bond donors (Lipinski definition) is 1. The van der Waals surface area contributed by atoms with Crippen molar-refractivity contribution in [2.75, 3.05) is 12.8 Å². The van der Waals surface area contributed by atoms with Crippen molar-refractivity contribution in [3.05, 3.63) is 63.9 Å². The molecule has 0 heterocycles. The summed E-state index contributed by atoms with van der Waals surface area (Å²) in [5.41, 5.74) is 7.58. The summed E-state index contributed by atoms with van der Waals surface area (Å²) in [6.45, 7) is 0.441. The molecule has 3 nitrogen and oxygen atoms in total. The van der Waals surface area contributed by atoms with E-state index in [1.54, 1.807) is 25.2 Å². The molecular weight excluding hydrogens is 323 g/mol. The quantitative estimate of drug-likeness (QED) is 0.872. The fourth-order valence-electron chi connectivity index (χ4n) is 1.82. The van der Waals surface area contributed by atoms with E-state index in [0.717, 1.165) is 5.56 Å². The molecule has 0 bridgehead atoms. The van der Waals surface area contributed by atoms with Crippen LogP contribution >= 0.6 is 15.9 Å². The van der Waals surface area contributed by atoms with Gasteiger partial charge in [-0.1, -0.05) is 12.1 Å². The monoisotopic (exact) mass is 336 g/mol. The van der Waals surface area contributed by atoms with Crippen LogP contribution in [0.2, 0.25) is 0 Å². The number of benzene rings is 2. The normalized spacial score (nSPS) is 10.3. The molecule has 0 radical (unpaired) electrons. The molecule has 0 saturated heterocycles. The summed E-state index contributed by atoms with van der Waals surface area (Å²) >= 11 is 3.06. The summed E-state index contributed by atoms with van der Waals surface area (Å²) in [7, 11) is 1.68. The van der Waals surface area contributed by atoms with Gasteiger partial charge in [0.25, 0.3) is 5.91 Å². The van der Waals surface area contributed by atoms with Crippen molar-refractivity contribution in [1.82, 2.24) is 4.90 Å². The van der Waals surface area contributed by atoms with Crippen molar-refractivity contribution in [3.8, 4) is 0 Å². The van der Waals surface area contributed by atoms with Gasteiger partial charge in [0, 0.05) is 24.8 Å². The number of halogens is 2. The van der Waals surface area contributed by atoms with Gasteiger partial charge < -0.3 is 10.6 Å². The Hall–Kier alpha value is -1.88. The van der Waals surface area contributed by atoms with Crippen molar-refractivity contribution in [2.45, 2.75) is 6.54 Å². The lowest BCUT2D eigenvalue weighted by atomic mass is 10.1. The second-order valence-corrected chi connectivity index (χ2v) is 5.39. The van der Waals surface area contributed by atoms with E-state index in [4.69, 9.17) is 5.73 Å². The molecule has 104 valence electrons. The molecule has 0 saturated carbocycles. The number of carbonyl (C=O) groups is 1. The second-order valence-electron chi connectivity index (χ2n) is 4.53. The Morgan fingerprint density at radius 3 is 2.50 bits per heavy atom. The second kappa shape index (κ2) is 6.05. The fraction of sp³-hybridized carbons (Fsp3) is 0.133. The zero-order valence-corrected chi connectivity index (χ0v) is 12.5. The Balaban J connectivity index is 2.11. The molecule has 2 aromatic rings. The molecule has 0 aliphatic rings. The highest BCUT2D eigenvalue weighted by molar-refractivity contribution is 9.10. The van der Waals surface area contributed by atoms with Gasteiger partial charge in [0.15, 0.2) is 0 Å². The predicted octanol–water partition coefficient (Wildman–Crippen LogP) is 3.44. The zero-order chi connectivity index (χ0) is 14.7. The topological polar surface area (TPSA) is 46.3 Å². The van der Waals surface area contributed by atoms with Gasteiger partial charge in [0.2, 0.25) is 0 Å². The number of anilines is 1. The molecule has 0 atom stereocenters. The van der Waals surface area contributed by atoms with Crippen LogP contribution in [0.25, 0.3) is 0 Å². The molecule has 0 unspecified atom stereocenters. The summed E-state index contributed by atoms with van der Waals surface area (Å²) in [6.07, 6.45) is 0. The third-order valence-electron chi connectivity index (χ3n) is 2.91. The lowest BCUT2D eigenvalue weighted by Gasteiger charge is -2.17. The van der Waals surface area contributed by atoms with E-state index >= 15 is 0 Å². The van der Waals surface area contributed by atoms with Crippen molar-refractivity contribution in [3.63, 3.8) is 0 Å². The van der Waals surface area contributed by atoms with Crippen LogP contribution in [0.1, 0.15) is 15.9 Å². The fourth-order valence-corrected chi connectivity index (χ4v) is 2.06. The van der Waals surface area contributed by atoms with Gasteiger partial charge in [-0.05, 0) is 51.8 Å². The first-order valence-electron chi connectivity index (χ1n) is 6.02. The minimum atomic E-state index is -0.447. The van der Waals surface area contributed by atoms with Gasteiger partial charge in [0.1, 0.15) is 5.82 Å². The van der Waals surface area contributed by atoms with Gasteiger partial charge in [-0.2, -0.15) is 0 Å². The number of amides is 1. The molecule has 20 heavy (non-hydrogen) atoms. The van der Waals surface area contributed by atoms with Crippen molar-refractivity contribution in [1.29, 1.82) is 0 Å². The van der Waals surface area contributed by atoms with Crippen LogP contribution in [-0.4, -0.2) is 17.9 Å². The standard InChI is InChI=1S/C15H14BrFN2O/c1-19(9-10-2-5-12(18)6-3-10)15(20)11-4-7-13(16)14(17)8-11/h2-8H,9,18H2,1H3. The van der Waals surface area contributed by atoms with E-state index in [1.807, 2.05) is 12.1 Å². The van der Waals surface area contributed by atoms with E-state index < -0.39 is 5.82 Å². The number of rotatable bonds is 3. The van der Waals surface area contributed by atoms with Crippen LogP contribution in [0, 0.1) is 5.82 Å². The van der Waals surface area contributed by atoms with Crippen LogP contribution in [0.3, 0.4) is 0 Å². The smallest absolute Gasteiger partial charge is 0.253 e. The molecular formula is C15H14BrFN2O. The van der Waals surface area contributed by atoms with Crippen LogP contribution in [-0.2, 0) is 6.54 Å². The van der Waals surface area contributed by atoms with Crippen LogP contribution in [0.5, 0.6) is 0 Å². The maximum atomic E-state index is 13.4. The van der Waals surface area contributed by atoms with E-state index in [0.29, 0.717) is 22.3 Å². The number of nitrogen functional groups attached to an aromatic ring is 1. The van der Waals surface area contributed by atoms with Gasteiger partial charge in [-0.25, -0.2) is 4.39 Å². The van der Waals surface area contributed by atoms with Gasteiger partial charge >= 0.3 is 0 Å². The molecule has 0 fully saturated rings. The number of carbonyl (C=O) groups excluding carboxylic acids is 1. The van der Waals surface area contributed by atoms with Crippen LogP contribution in [0.4, 0.5) is 10.1 Å². The molecule has 5 heteroatoms. The Morgan fingerprint density at radius 2 is 1.90 bits per heavy atom. The maximum Gasteiger partial charge on any atom is 0.253 e. The number of nitrogens with zero attached hydrogens (tertiary/aromatic N) is 1. The average molecular weight is 337 g/mol. The first-order valence-corrected chi connectivity index (χ1v) is 6.81. The minimum absolute atomic E-state index is 0.228. The Bertz CT molecular complexity index is 628. The molecule has 0 spiro atoms. The first kappa shape index (κ1) is 14.5. The Kier molecular flexibility index (Phi) is 4.39. The first-order chi connectivity index (χ1) is 9.47. The summed E-state index contributed by atoms with van der Waals surface area (Å²) in [5, 5.41) is 0. The van der Waals surface area contributed by atoms with E-state index in [9.17, 15) is 9.18 Å². The molecule has 0 aromatic heterocycles. The Labute approximate surface area is 125 Å². The van der Waals surface area contributed by atoms with Crippen LogP contribution < -0.4 is 5.73 Å². The van der Waals surface area contributed by atoms with Gasteiger partial charge in [0.05, 0.1) is 4.47 Å². The molecule has 2 N–H and O–H groups in total. The van der Waals surface area contributed by atoms with Crippen molar-refractivity contribution < 1.29 is 9.18 Å². The molecule has 0 aliphatic heterocycles. The van der Waals surface area contributed by atoms with Crippen molar-refractivity contribution in [2.24, 2.45) is 0 Å². The van der Waals surface area contributed by atoms with E-state index in [-0.39, 0.29) is 5.91 Å². The molecule has 2 aromatic carbocycles. The van der Waals surface area contributed by atoms with Gasteiger partial charge in [-0.15, -0.1) is 0 Å². The summed E-state index contributed by atoms with van der Waals surface area (Å²) in [5.74, 6) is -0.676. The third kappa shape index (κ3) is 3.36. The summed E-state index contributed by atoms with van der Waals surface area (Å²) < 4.78 is 13.8. The predicted molar refractivity (Wildman–Crippen MR) is 80.8 cm³/mol. The lowest BCUT2D eigenvalue weighted by molar-refractivity contribution is 0.0784. The van der Waals surface area contributed by atoms with E-state index in [2.05, 4.69) is 15.9 Å².